The first kappa shape index (κ1) is 19.5. The zero-order valence-electron chi connectivity index (χ0n) is 16.1. The highest BCUT2D eigenvalue weighted by atomic mass is 16.7. The number of hydrogen-bond donors (Lipinski definition) is 2. The van der Waals surface area contributed by atoms with Crippen LogP contribution < -0.4 is 25.1 Å². The predicted octanol–water partition coefficient (Wildman–Crippen LogP) is 0.469. The molecular formula is C20H20N4O6. The van der Waals surface area contributed by atoms with Crippen LogP contribution in [-0.4, -0.2) is 51.4 Å². The van der Waals surface area contributed by atoms with Crippen LogP contribution in [0.15, 0.2) is 53.7 Å². The number of ether oxygens (including phenoxy) is 3. The Balaban J connectivity index is 1.32. The standard InChI is InChI=1S/C20H20N4O6/c1-23-10-14(7-22-23)24-9-13(2-5-19(24)26)20(27)21-8-15(25)11-28-16-3-4-17-18(6-16)30-12-29-17/h2-7,9-10,15,25H,8,11-12H2,1H3,(H,21,27). The van der Waals surface area contributed by atoms with Gasteiger partial charge in [-0.3, -0.25) is 18.8 Å². The fourth-order valence-electron chi connectivity index (χ4n) is 2.89. The average Bonchev–Trinajstić information content (AvgIpc) is 3.39. The largest absolute Gasteiger partial charge is 0.491 e. The Bertz CT molecular complexity index is 1120. The summed E-state index contributed by atoms with van der Waals surface area (Å²) in [6, 6.07) is 7.85. The molecule has 0 saturated heterocycles. The van der Waals surface area contributed by atoms with Crippen LogP contribution >= 0.6 is 0 Å². The number of benzene rings is 1. The Kier molecular flexibility index (Phi) is 5.40. The molecule has 0 radical (unpaired) electrons. The van der Waals surface area contributed by atoms with Gasteiger partial charge in [0, 0.05) is 38.1 Å². The van der Waals surface area contributed by atoms with Crippen LogP contribution in [0.4, 0.5) is 0 Å². The lowest BCUT2D eigenvalue weighted by Gasteiger charge is -2.14. The number of aliphatic hydroxyl groups excluding tert-OH is 1. The van der Waals surface area contributed by atoms with Crippen LogP contribution in [0.5, 0.6) is 17.2 Å². The highest BCUT2D eigenvalue weighted by molar-refractivity contribution is 5.93. The number of aliphatic hydroxyl groups is 1. The topological polar surface area (TPSA) is 117 Å². The molecule has 0 saturated carbocycles. The van der Waals surface area contributed by atoms with E-state index in [0.29, 0.717) is 22.9 Å². The minimum atomic E-state index is -0.927. The normalized spacial score (nSPS) is 13.1. The van der Waals surface area contributed by atoms with Crippen LogP contribution in [0.3, 0.4) is 0 Å². The molecular weight excluding hydrogens is 392 g/mol. The molecule has 10 nitrogen and oxygen atoms in total. The molecule has 4 rings (SSSR count). The van der Waals surface area contributed by atoms with Crippen LogP contribution in [0.2, 0.25) is 0 Å². The molecule has 3 heterocycles. The van der Waals surface area contributed by atoms with Crippen LogP contribution in [0.1, 0.15) is 10.4 Å². The maximum atomic E-state index is 12.4. The molecule has 1 amide bonds. The number of nitrogens with one attached hydrogen (secondary N) is 1. The number of fused-ring (bicyclic) bond motifs is 1. The molecule has 3 aromatic rings. The number of pyridine rings is 1. The second-order valence-electron chi connectivity index (χ2n) is 6.69. The van der Waals surface area contributed by atoms with Crippen molar-refractivity contribution in [3.05, 3.63) is 64.8 Å². The van der Waals surface area contributed by atoms with E-state index in [1.165, 1.54) is 29.1 Å². The van der Waals surface area contributed by atoms with Crippen LogP contribution in [-0.2, 0) is 7.05 Å². The molecule has 156 valence electrons. The van der Waals surface area contributed by atoms with E-state index in [9.17, 15) is 14.7 Å². The monoisotopic (exact) mass is 412 g/mol. The van der Waals surface area contributed by atoms with Crippen molar-refractivity contribution in [1.82, 2.24) is 19.7 Å². The third kappa shape index (κ3) is 4.28. The molecule has 0 spiro atoms. The second kappa shape index (κ2) is 8.29. The van der Waals surface area contributed by atoms with Gasteiger partial charge in [-0.1, -0.05) is 0 Å². The Labute approximate surface area is 171 Å². The third-order valence-electron chi connectivity index (χ3n) is 4.43. The van der Waals surface area contributed by atoms with Gasteiger partial charge in [0.1, 0.15) is 18.5 Å². The van der Waals surface area contributed by atoms with E-state index >= 15 is 0 Å². The lowest BCUT2D eigenvalue weighted by atomic mass is 10.2. The van der Waals surface area contributed by atoms with Crippen molar-refractivity contribution < 1.29 is 24.1 Å². The highest BCUT2D eigenvalue weighted by Crippen LogP contribution is 2.35. The fourth-order valence-corrected chi connectivity index (χ4v) is 2.89. The summed E-state index contributed by atoms with van der Waals surface area (Å²) < 4.78 is 18.9. The lowest BCUT2D eigenvalue weighted by molar-refractivity contribution is 0.0843. The van der Waals surface area contributed by atoms with E-state index in [1.54, 1.807) is 36.1 Å². The van der Waals surface area contributed by atoms with E-state index in [-0.39, 0.29) is 31.1 Å². The molecule has 10 heteroatoms. The van der Waals surface area contributed by atoms with Gasteiger partial charge in [-0.15, -0.1) is 0 Å². The van der Waals surface area contributed by atoms with Crippen molar-refractivity contribution in [3.8, 4) is 22.9 Å². The van der Waals surface area contributed by atoms with Gasteiger partial charge in [-0.2, -0.15) is 5.10 Å². The van der Waals surface area contributed by atoms with Gasteiger partial charge in [0.05, 0.1) is 17.4 Å². The third-order valence-corrected chi connectivity index (χ3v) is 4.43. The van der Waals surface area contributed by atoms with Gasteiger partial charge in [-0.05, 0) is 18.2 Å². The predicted molar refractivity (Wildman–Crippen MR) is 105 cm³/mol. The number of carbonyl (C=O) groups excluding carboxylic acids is 1. The highest BCUT2D eigenvalue weighted by Gasteiger charge is 2.15. The number of hydrogen-bond acceptors (Lipinski definition) is 7. The maximum absolute atomic E-state index is 12.4. The molecule has 0 fully saturated rings. The molecule has 2 aromatic heterocycles. The molecule has 1 aliphatic heterocycles. The summed E-state index contributed by atoms with van der Waals surface area (Å²) in [7, 11) is 1.73. The minimum Gasteiger partial charge on any atom is -0.491 e. The number of aromatic nitrogens is 3. The molecule has 1 aromatic carbocycles. The van der Waals surface area contributed by atoms with Gasteiger partial charge in [0.15, 0.2) is 11.5 Å². The number of amides is 1. The second-order valence-corrected chi connectivity index (χ2v) is 6.69. The molecule has 0 bridgehead atoms. The zero-order chi connectivity index (χ0) is 21.1. The van der Waals surface area contributed by atoms with E-state index in [1.807, 2.05) is 0 Å². The molecule has 1 atom stereocenters. The van der Waals surface area contributed by atoms with Crippen molar-refractivity contribution in [2.45, 2.75) is 6.10 Å². The smallest absolute Gasteiger partial charge is 0.255 e. The van der Waals surface area contributed by atoms with Gasteiger partial charge in [0.2, 0.25) is 6.79 Å². The Hall–Kier alpha value is -3.79. The van der Waals surface area contributed by atoms with Crippen molar-refractivity contribution in [2.75, 3.05) is 19.9 Å². The number of rotatable bonds is 7. The summed E-state index contributed by atoms with van der Waals surface area (Å²) in [6.07, 6.45) is 3.70. The van der Waals surface area contributed by atoms with Crippen molar-refractivity contribution in [2.24, 2.45) is 7.05 Å². The van der Waals surface area contributed by atoms with Crippen LogP contribution in [0.25, 0.3) is 5.69 Å². The Morgan fingerprint density at radius 1 is 1.27 bits per heavy atom. The minimum absolute atomic E-state index is 0.0184. The molecule has 30 heavy (non-hydrogen) atoms. The zero-order valence-corrected chi connectivity index (χ0v) is 16.1. The first-order valence-corrected chi connectivity index (χ1v) is 9.20. The molecule has 2 N–H and O–H groups in total. The SMILES string of the molecule is Cn1cc(-n2cc(C(=O)NCC(O)COc3ccc4c(c3)OCO4)ccc2=O)cn1. The summed E-state index contributed by atoms with van der Waals surface area (Å²) in [4.78, 5) is 24.5. The van der Waals surface area contributed by atoms with Crippen molar-refractivity contribution in [1.29, 1.82) is 0 Å². The number of carbonyl (C=O) groups is 1. The van der Waals surface area contributed by atoms with Crippen molar-refractivity contribution >= 4 is 5.91 Å². The lowest BCUT2D eigenvalue weighted by Crippen LogP contribution is -2.35. The quantitative estimate of drug-likeness (QED) is 0.579. The van der Waals surface area contributed by atoms with Crippen LogP contribution in [0, 0.1) is 0 Å². The maximum Gasteiger partial charge on any atom is 0.255 e. The van der Waals surface area contributed by atoms with E-state index in [4.69, 9.17) is 14.2 Å². The van der Waals surface area contributed by atoms with E-state index < -0.39 is 12.0 Å². The molecule has 1 unspecified atom stereocenters. The van der Waals surface area contributed by atoms with Gasteiger partial charge < -0.3 is 24.6 Å². The van der Waals surface area contributed by atoms with Crippen molar-refractivity contribution in [3.63, 3.8) is 0 Å². The summed E-state index contributed by atoms with van der Waals surface area (Å²) in [5.74, 6) is 1.32. The first-order chi connectivity index (χ1) is 14.5. The average molecular weight is 412 g/mol. The Morgan fingerprint density at radius 3 is 2.90 bits per heavy atom. The van der Waals surface area contributed by atoms with E-state index in [0.717, 1.165) is 0 Å². The summed E-state index contributed by atoms with van der Waals surface area (Å²) in [5.41, 5.74) is 0.549. The molecule has 1 aliphatic rings. The van der Waals surface area contributed by atoms with E-state index in [2.05, 4.69) is 10.4 Å². The summed E-state index contributed by atoms with van der Waals surface area (Å²) in [5, 5.41) is 16.8. The Morgan fingerprint density at radius 2 is 2.10 bits per heavy atom. The summed E-state index contributed by atoms with van der Waals surface area (Å²) in [6.45, 7) is 0.131. The van der Waals surface area contributed by atoms with Gasteiger partial charge >= 0.3 is 0 Å². The first-order valence-electron chi connectivity index (χ1n) is 9.20. The summed E-state index contributed by atoms with van der Waals surface area (Å²) >= 11 is 0. The van der Waals surface area contributed by atoms with Gasteiger partial charge in [0.25, 0.3) is 11.5 Å². The fraction of sp³-hybridized carbons (Fsp3) is 0.250. The van der Waals surface area contributed by atoms with Gasteiger partial charge in [-0.25, -0.2) is 0 Å². The number of nitrogens with zero attached hydrogens (tertiary/aromatic N) is 3. The molecule has 0 aliphatic carbocycles. The number of aryl methyl sites for hydroxylation is 1.